The Morgan fingerprint density at radius 3 is 1.13 bits per heavy atom. The Morgan fingerprint density at radius 2 is 0.800 bits per heavy atom. The molecule has 0 bridgehead atoms. The minimum atomic E-state index is -0.369. The minimum absolute atomic E-state index is 0.369. The summed E-state index contributed by atoms with van der Waals surface area (Å²) in [5.41, 5.74) is 6.01. The predicted octanol–water partition coefficient (Wildman–Crippen LogP) is 6.92. The van der Waals surface area contributed by atoms with Gasteiger partial charge >= 0.3 is 0 Å². The monoisotopic (exact) mass is 391 g/mol. The van der Waals surface area contributed by atoms with E-state index in [4.69, 9.17) is 0 Å². The van der Waals surface area contributed by atoms with Crippen LogP contribution in [0.5, 0.6) is 0 Å². The number of anilines is 1. The second kappa shape index (κ2) is 9.00. The molecule has 0 atom stereocenters. The van der Waals surface area contributed by atoms with Crippen LogP contribution in [0.4, 0.5) is 5.69 Å². The number of hydrogen-bond donors (Lipinski definition) is 0. The first-order chi connectivity index (χ1) is 14.8. The van der Waals surface area contributed by atoms with Gasteiger partial charge in [-0.15, -0.1) is 0 Å². The third kappa shape index (κ3) is 3.52. The zero-order chi connectivity index (χ0) is 20.8. The molecule has 1 heteroatoms. The summed E-state index contributed by atoms with van der Waals surface area (Å²) in [5, 5.41) is 0. The van der Waals surface area contributed by atoms with E-state index in [1.807, 2.05) is 0 Å². The van der Waals surface area contributed by atoms with Gasteiger partial charge in [-0.25, -0.2) is 0 Å². The van der Waals surface area contributed by atoms with Gasteiger partial charge in [0.25, 0.3) is 0 Å². The van der Waals surface area contributed by atoms with Gasteiger partial charge in [-0.1, -0.05) is 103 Å². The Morgan fingerprint density at radius 1 is 0.467 bits per heavy atom. The summed E-state index contributed by atoms with van der Waals surface area (Å²) >= 11 is 0. The topological polar surface area (TPSA) is 3.24 Å². The molecule has 30 heavy (non-hydrogen) atoms. The van der Waals surface area contributed by atoms with Gasteiger partial charge < -0.3 is 4.90 Å². The van der Waals surface area contributed by atoms with Crippen molar-refractivity contribution in [2.24, 2.45) is 0 Å². The molecule has 0 saturated carbocycles. The second-order valence-corrected chi connectivity index (χ2v) is 7.57. The van der Waals surface area contributed by atoms with Gasteiger partial charge in [0.2, 0.25) is 0 Å². The Labute approximate surface area is 180 Å². The molecule has 0 aromatic heterocycles. The van der Waals surface area contributed by atoms with Crippen LogP contribution in [0.2, 0.25) is 0 Å². The molecule has 0 N–H and O–H groups in total. The molecule has 0 aliphatic carbocycles. The van der Waals surface area contributed by atoms with E-state index >= 15 is 0 Å². The molecule has 0 amide bonds. The number of hydrogen-bond acceptors (Lipinski definition) is 1. The van der Waals surface area contributed by atoms with Crippen LogP contribution < -0.4 is 4.90 Å². The fourth-order valence-electron chi connectivity index (χ4n) is 4.58. The van der Waals surface area contributed by atoms with Crippen molar-refractivity contribution in [2.45, 2.75) is 19.3 Å². The molecule has 0 spiro atoms. The third-order valence-corrected chi connectivity index (χ3v) is 6.05. The SMILES string of the molecule is CCN(CC)c1ccc(C(c2ccccc2)(c2ccccc2)c2ccccc2)cc1. The molecule has 0 fully saturated rings. The zero-order valence-electron chi connectivity index (χ0n) is 17.8. The van der Waals surface area contributed by atoms with Crippen LogP contribution in [0.15, 0.2) is 115 Å². The molecule has 4 aromatic carbocycles. The van der Waals surface area contributed by atoms with E-state index in [1.54, 1.807) is 0 Å². The van der Waals surface area contributed by atoms with Crippen molar-refractivity contribution in [3.63, 3.8) is 0 Å². The summed E-state index contributed by atoms with van der Waals surface area (Å²) < 4.78 is 0. The van der Waals surface area contributed by atoms with Crippen molar-refractivity contribution in [3.8, 4) is 0 Å². The van der Waals surface area contributed by atoms with Gasteiger partial charge in [-0.2, -0.15) is 0 Å². The highest BCUT2D eigenvalue weighted by molar-refractivity contribution is 5.61. The summed E-state index contributed by atoms with van der Waals surface area (Å²) in [5.74, 6) is 0. The van der Waals surface area contributed by atoms with Crippen molar-refractivity contribution >= 4 is 5.69 Å². The van der Waals surface area contributed by atoms with Crippen molar-refractivity contribution < 1.29 is 0 Å². The fourth-order valence-corrected chi connectivity index (χ4v) is 4.58. The summed E-state index contributed by atoms with van der Waals surface area (Å²) in [6.45, 7) is 6.44. The first-order valence-electron chi connectivity index (χ1n) is 10.8. The molecule has 0 saturated heterocycles. The largest absolute Gasteiger partial charge is 0.372 e. The smallest absolute Gasteiger partial charge is 0.0701 e. The molecular formula is C29H29N. The molecule has 0 unspecified atom stereocenters. The highest BCUT2D eigenvalue weighted by Gasteiger charge is 2.38. The number of rotatable bonds is 7. The van der Waals surface area contributed by atoms with E-state index in [9.17, 15) is 0 Å². The van der Waals surface area contributed by atoms with Crippen LogP contribution in [0.3, 0.4) is 0 Å². The first kappa shape index (κ1) is 20.0. The molecule has 4 aromatic rings. The van der Waals surface area contributed by atoms with E-state index in [-0.39, 0.29) is 5.41 Å². The lowest BCUT2D eigenvalue weighted by Crippen LogP contribution is -2.31. The van der Waals surface area contributed by atoms with Gasteiger partial charge in [0.1, 0.15) is 0 Å². The van der Waals surface area contributed by atoms with Crippen molar-refractivity contribution in [2.75, 3.05) is 18.0 Å². The Balaban J connectivity index is 2.01. The Bertz CT molecular complexity index is 937. The van der Waals surface area contributed by atoms with E-state index in [2.05, 4.69) is 134 Å². The van der Waals surface area contributed by atoms with Crippen molar-refractivity contribution in [1.82, 2.24) is 0 Å². The number of nitrogens with zero attached hydrogens (tertiary/aromatic N) is 1. The second-order valence-electron chi connectivity index (χ2n) is 7.57. The highest BCUT2D eigenvalue weighted by atomic mass is 15.1. The maximum absolute atomic E-state index is 2.39. The van der Waals surface area contributed by atoms with Crippen LogP contribution in [-0.2, 0) is 5.41 Å². The molecule has 4 rings (SSSR count). The van der Waals surface area contributed by atoms with Crippen LogP contribution in [0, 0.1) is 0 Å². The summed E-state index contributed by atoms with van der Waals surface area (Å²) in [6, 6.07) is 41.7. The van der Waals surface area contributed by atoms with Gasteiger partial charge in [-0.3, -0.25) is 0 Å². The summed E-state index contributed by atoms with van der Waals surface area (Å²) in [7, 11) is 0. The quantitative estimate of drug-likeness (QED) is 0.309. The van der Waals surface area contributed by atoms with Crippen molar-refractivity contribution in [1.29, 1.82) is 0 Å². The van der Waals surface area contributed by atoms with E-state index in [0.29, 0.717) is 0 Å². The molecule has 0 aliphatic rings. The first-order valence-corrected chi connectivity index (χ1v) is 10.8. The van der Waals surface area contributed by atoms with Crippen LogP contribution >= 0.6 is 0 Å². The standard InChI is InChI=1S/C29H29N/c1-3-30(4-2)28-22-20-27(21-23-28)29(24-14-8-5-9-15-24,25-16-10-6-11-17-25)26-18-12-7-13-19-26/h5-23H,3-4H2,1-2H3. The average molecular weight is 392 g/mol. The van der Waals surface area contributed by atoms with E-state index < -0.39 is 0 Å². The number of benzene rings is 4. The van der Waals surface area contributed by atoms with Gasteiger partial charge in [0.05, 0.1) is 5.41 Å². The molecule has 1 nitrogen and oxygen atoms in total. The lowest BCUT2D eigenvalue weighted by Gasteiger charge is -2.37. The summed E-state index contributed by atoms with van der Waals surface area (Å²) in [6.07, 6.45) is 0. The van der Waals surface area contributed by atoms with Gasteiger partial charge in [0.15, 0.2) is 0 Å². The molecule has 0 radical (unpaired) electrons. The molecule has 0 heterocycles. The lowest BCUT2D eigenvalue weighted by atomic mass is 9.65. The van der Waals surface area contributed by atoms with E-state index in [1.165, 1.54) is 27.9 Å². The van der Waals surface area contributed by atoms with Gasteiger partial charge in [-0.05, 0) is 48.2 Å². The Hall–Kier alpha value is -3.32. The molecule has 0 aliphatic heterocycles. The van der Waals surface area contributed by atoms with Crippen LogP contribution in [0.1, 0.15) is 36.1 Å². The van der Waals surface area contributed by atoms with Crippen LogP contribution in [-0.4, -0.2) is 13.1 Å². The highest BCUT2D eigenvalue weighted by Crippen LogP contribution is 2.45. The fraction of sp³-hybridized carbons (Fsp3) is 0.172. The maximum atomic E-state index is 2.39. The van der Waals surface area contributed by atoms with Crippen molar-refractivity contribution in [3.05, 3.63) is 138 Å². The summed E-state index contributed by atoms with van der Waals surface area (Å²) in [4.78, 5) is 2.39. The maximum Gasteiger partial charge on any atom is 0.0701 e. The predicted molar refractivity (Wildman–Crippen MR) is 128 cm³/mol. The van der Waals surface area contributed by atoms with Gasteiger partial charge in [0, 0.05) is 18.8 Å². The lowest BCUT2D eigenvalue weighted by molar-refractivity contribution is 0.744. The zero-order valence-corrected chi connectivity index (χ0v) is 17.8. The Kier molecular flexibility index (Phi) is 5.99. The van der Waals surface area contributed by atoms with E-state index in [0.717, 1.165) is 13.1 Å². The minimum Gasteiger partial charge on any atom is -0.372 e. The molecular weight excluding hydrogens is 362 g/mol. The normalized spacial score (nSPS) is 11.3. The van der Waals surface area contributed by atoms with Crippen LogP contribution in [0.25, 0.3) is 0 Å². The third-order valence-electron chi connectivity index (χ3n) is 6.05. The molecule has 150 valence electrons. The average Bonchev–Trinajstić information content (AvgIpc) is 2.83.